The van der Waals surface area contributed by atoms with Crippen LogP contribution in [-0.2, 0) is 4.79 Å². The Labute approximate surface area is 75.2 Å². The summed E-state index contributed by atoms with van der Waals surface area (Å²) in [4.78, 5) is 14.4. The second kappa shape index (κ2) is 3.06. The molecular formula is C7H10N3OS. The van der Waals surface area contributed by atoms with Crippen LogP contribution in [0.2, 0.25) is 0 Å². The van der Waals surface area contributed by atoms with E-state index in [2.05, 4.69) is 15.8 Å². The maximum absolute atomic E-state index is 10.6. The number of nitrogens with zero attached hydrogens (tertiary/aromatic N) is 2. The lowest BCUT2D eigenvalue weighted by Crippen LogP contribution is -2.26. The molecule has 0 aromatic rings. The maximum Gasteiger partial charge on any atom is 0.245 e. The first-order valence-corrected chi connectivity index (χ1v) is 4.86. The first kappa shape index (κ1) is 8.07. The van der Waals surface area contributed by atoms with E-state index in [0.29, 0.717) is 10.5 Å². The quantitative estimate of drug-likeness (QED) is 0.645. The predicted molar refractivity (Wildman–Crippen MR) is 47.5 cm³/mol. The minimum atomic E-state index is -0.181. The number of amides is 1. The molecule has 1 heterocycles. The van der Waals surface area contributed by atoms with Crippen molar-refractivity contribution >= 4 is 22.8 Å². The second-order valence-corrected chi connectivity index (χ2v) is 4.14. The van der Waals surface area contributed by atoms with Gasteiger partial charge in [0.1, 0.15) is 0 Å². The number of thioether (sulfide) groups is 1. The van der Waals surface area contributed by atoms with E-state index in [1.54, 1.807) is 11.8 Å². The van der Waals surface area contributed by atoms with Crippen molar-refractivity contribution in [3.63, 3.8) is 0 Å². The van der Waals surface area contributed by atoms with E-state index in [9.17, 15) is 4.79 Å². The van der Waals surface area contributed by atoms with Gasteiger partial charge in [0.2, 0.25) is 11.1 Å². The van der Waals surface area contributed by atoms with E-state index in [0.717, 1.165) is 5.92 Å². The Hall–Kier alpha value is -0.550. The van der Waals surface area contributed by atoms with Crippen molar-refractivity contribution in [2.24, 2.45) is 10.9 Å². The molecule has 1 saturated carbocycles. The van der Waals surface area contributed by atoms with Crippen molar-refractivity contribution in [2.75, 3.05) is 0 Å². The third kappa shape index (κ3) is 1.78. The molecule has 1 atom stereocenters. The van der Waals surface area contributed by atoms with E-state index in [1.165, 1.54) is 19.8 Å². The molecule has 0 bridgehead atoms. The Kier molecular flexibility index (Phi) is 2.06. The zero-order valence-electron chi connectivity index (χ0n) is 6.78. The van der Waals surface area contributed by atoms with Gasteiger partial charge >= 0.3 is 0 Å². The Morgan fingerprint density at radius 3 is 3.08 bits per heavy atom. The summed E-state index contributed by atoms with van der Waals surface area (Å²) in [5.41, 5.74) is 6.94. The number of rotatable bonds is 1. The Morgan fingerprint density at radius 1 is 1.75 bits per heavy atom. The van der Waals surface area contributed by atoms with Crippen LogP contribution in [0.25, 0.3) is 0 Å². The summed E-state index contributed by atoms with van der Waals surface area (Å²) in [5.74, 6) is 0.554. The molecule has 1 saturated heterocycles. The van der Waals surface area contributed by atoms with E-state index in [1.807, 2.05) is 0 Å². The Balaban J connectivity index is 1.92. The molecule has 1 radical (unpaired) electrons. The highest BCUT2D eigenvalue weighted by molar-refractivity contribution is 8.14. The predicted octanol–water partition coefficient (Wildman–Crippen LogP) is 0.481. The number of nitrogens with one attached hydrogen (secondary N) is 1. The molecule has 1 aliphatic carbocycles. The van der Waals surface area contributed by atoms with Gasteiger partial charge in [0.25, 0.3) is 0 Å². The minimum Gasteiger partial charge on any atom is -0.273 e. The summed E-state index contributed by atoms with van der Waals surface area (Å²) < 4.78 is 0. The highest BCUT2D eigenvalue weighted by atomic mass is 32.2. The fourth-order valence-corrected chi connectivity index (χ4v) is 2.16. The highest BCUT2D eigenvalue weighted by Gasteiger charge is 2.36. The summed E-state index contributed by atoms with van der Waals surface area (Å²) in [6.45, 7) is 1.44. The zero-order chi connectivity index (χ0) is 8.55. The van der Waals surface area contributed by atoms with Gasteiger partial charge in [0.05, 0.1) is 5.37 Å². The number of carbonyl (C=O) groups is 1. The van der Waals surface area contributed by atoms with Crippen molar-refractivity contribution < 1.29 is 4.79 Å². The molecule has 2 fully saturated rings. The van der Waals surface area contributed by atoms with Gasteiger partial charge in [-0.25, -0.2) is 0 Å². The molecule has 0 spiro atoms. The van der Waals surface area contributed by atoms with Crippen molar-refractivity contribution in [3.05, 3.63) is 0 Å². The molecule has 2 aliphatic rings. The molecule has 12 heavy (non-hydrogen) atoms. The number of hydrogen-bond donors (Lipinski definition) is 1. The molecule has 0 aromatic heterocycles. The molecule has 2 rings (SSSR count). The lowest BCUT2D eigenvalue weighted by Gasteiger charge is -2.00. The minimum absolute atomic E-state index is 0.181. The Bertz CT molecular complexity index is 237. The largest absolute Gasteiger partial charge is 0.273 e. The lowest BCUT2D eigenvalue weighted by molar-refractivity contribution is -0.115. The van der Waals surface area contributed by atoms with Crippen molar-refractivity contribution in [3.8, 4) is 0 Å². The van der Waals surface area contributed by atoms with Crippen molar-refractivity contribution in [1.82, 2.24) is 10.9 Å². The van der Waals surface area contributed by atoms with Crippen LogP contribution in [0, 0.1) is 5.92 Å². The molecule has 1 aliphatic heterocycles. The fourth-order valence-electron chi connectivity index (χ4n) is 1.07. The monoisotopic (exact) mass is 184 g/mol. The molecule has 1 unspecified atom stereocenters. The molecular weight excluding hydrogens is 174 g/mol. The SMILES string of the molecule is CC(=O)N=C1[N]NC(C2CC2)S1. The van der Waals surface area contributed by atoms with Crippen LogP contribution in [0.4, 0.5) is 0 Å². The van der Waals surface area contributed by atoms with Gasteiger partial charge in [-0.3, -0.25) is 4.79 Å². The van der Waals surface area contributed by atoms with E-state index < -0.39 is 0 Å². The number of amidine groups is 1. The fraction of sp³-hybridized carbons (Fsp3) is 0.714. The third-order valence-electron chi connectivity index (χ3n) is 1.82. The van der Waals surface area contributed by atoms with Crippen LogP contribution in [0.5, 0.6) is 0 Å². The number of hydrogen-bond acceptors (Lipinski definition) is 3. The molecule has 1 amide bonds. The van der Waals surface area contributed by atoms with Crippen LogP contribution in [0.15, 0.2) is 4.99 Å². The van der Waals surface area contributed by atoms with Crippen molar-refractivity contribution in [2.45, 2.75) is 25.1 Å². The second-order valence-electron chi connectivity index (χ2n) is 3.03. The third-order valence-corrected chi connectivity index (χ3v) is 2.96. The van der Waals surface area contributed by atoms with Gasteiger partial charge in [-0.2, -0.15) is 15.8 Å². The lowest BCUT2D eigenvalue weighted by atomic mass is 10.4. The normalized spacial score (nSPS) is 32.1. The van der Waals surface area contributed by atoms with Gasteiger partial charge in [0, 0.05) is 6.92 Å². The summed E-state index contributed by atoms with van der Waals surface area (Å²) in [6, 6.07) is 0. The van der Waals surface area contributed by atoms with Crippen LogP contribution >= 0.6 is 11.8 Å². The van der Waals surface area contributed by atoms with Crippen LogP contribution in [0.3, 0.4) is 0 Å². The molecule has 65 valence electrons. The van der Waals surface area contributed by atoms with Gasteiger partial charge in [-0.05, 0) is 18.8 Å². The molecule has 4 nitrogen and oxygen atoms in total. The zero-order valence-corrected chi connectivity index (χ0v) is 7.60. The topological polar surface area (TPSA) is 55.6 Å². The van der Waals surface area contributed by atoms with Gasteiger partial charge in [-0.15, -0.1) is 0 Å². The summed E-state index contributed by atoms with van der Waals surface area (Å²) in [6.07, 6.45) is 2.54. The van der Waals surface area contributed by atoms with Crippen LogP contribution in [0.1, 0.15) is 19.8 Å². The van der Waals surface area contributed by atoms with E-state index in [4.69, 9.17) is 0 Å². The average molecular weight is 184 g/mol. The standard InChI is InChI=1S/C7H10N3OS/c1-4(11)8-7-10-9-6(12-7)5-2-3-5/h5-6,9H,2-3H2,1H3. The summed E-state index contributed by atoms with van der Waals surface area (Å²) in [5, 5.41) is 0.947. The first-order chi connectivity index (χ1) is 5.75. The Morgan fingerprint density at radius 2 is 2.50 bits per heavy atom. The molecule has 0 aromatic carbocycles. The van der Waals surface area contributed by atoms with Gasteiger partial charge in [-0.1, -0.05) is 11.8 Å². The molecule has 5 heteroatoms. The van der Waals surface area contributed by atoms with Crippen LogP contribution in [-0.4, -0.2) is 16.4 Å². The van der Waals surface area contributed by atoms with Gasteiger partial charge < -0.3 is 0 Å². The molecule has 1 N–H and O–H groups in total. The average Bonchev–Trinajstić information content (AvgIpc) is 2.73. The summed E-state index contributed by atoms with van der Waals surface area (Å²) in [7, 11) is 0. The first-order valence-electron chi connectivity index (χ1n) is 3.98. The number of aliphatic imine (C=N–C) groups is 1. The van der Waals surface area contributed by atoms with E-state index >= 15 is 0 Å². The smallest absolute Gasteiger partial charge is 0.245 e. The summed E-state index contributed by atoms with van der Waals surface area (Å²) >= 11 is 1.56. The maximum atomic E-state index is 10.6. The van der Waals surface area contributed by atoms with Crippen molar-refractivity contribution in [1.29, 1.82) is 0 Å². The van der Waals surface area contributed by atoms with Crippen LogP contribution < -0.4 is 10.9 Å². The van der Waals surface area contributed by atoms with E-state index in [-0.39, 0.29) is 5.91 Å². The van der Waals surface area contributed by atoms with Gasteiger partial charge in [0.15, 0.2) is 0 Å². The number of carbonyl (C=O) groups excluding carboxylic acids is 1. The highest BCUT2D eigenvalue weighted by Crippen LogP contribution is 2.39.